The van der Waals surface area contributed by atoms with Crippen LogP contribution in [-0.2, 0) is 4.79 Å². The topological polar surface area (TPSA) is 35.5 Å². The highest BCUT2D eigenvalue weighted by atomic mass is 32.1. The molecule has 1 aliphatic rings. The van der Waals surface area contributed by atoms with Crippen LogP contribution in [0, 0.1) is 17.6 Å². The number of carbonyl (C=O) groups excluding carboxylic acids is 1. The number of benzene rings is 2. The normalized spacial score (nSPS) is 14.9. The molecule has 6 heteroatoms. The van der Waals surface area contributed by atoms with Crippen molar-refractivity contribution < 1.29 is 23.0 Å². The number of hydrogen-bond acceptors (Lipinski definition) is 4. The molecule has 0 radical (unpaired) electrons. The maximum absolute atomic E-state index is 15.0. The van der Waals surface area contributed by atoms with Gasteiger partial charge in [-0.2, -0.15) is 0 Å². The van der Waals surface area contributed by atoms with Gasteiger partial charge in [0.1, 0.15) is 0 Å². The SMILES string of the molecule is CCCOc1ccc2c(sc3c(F)c(OC(=O)C4CCCC4)ccc32)c1F. The summed E-state index contributed by atoms with van der Waals surface area (Å²) in [7, 11) is 0. The second-order valence-electron chi connectivity index (χ2n) is 6.86. The lowest BCUT2D eigenvalue weighted by molar-refractivity contribution is -0.138. The van der Waals surface area contributed by atoms with Crippen LogP contribution in [0.25, 0.3) is 20.2 Å². The predicted molar refractivity (Wildman–Crippen MR) is 103 cm³/mol. The third kappa shape index (κ3) is 3.27. The first-order valence-electron chi connectivity index (χ1n) is 9.28. The predicted octanol–water partition coefficient (Wildman–Crippen LogP) is 6.22. The summed E-state index contributed by atoms with van der Waals surface area (Å²) in [6.07, 6.45) is 4.35. The molecule has 0 atom stereocenters. The van der Waals surface area contributed by atoms with Crippen molar-refractivity contribution in [3.05, 3.63) is 35.9 Å². The van der Waals surface area contributed by atoms with Crippen molar-refractivity contribution in [1.82, 2.24) is 0 Å². The molecule has 0 amide bonds. The number of hydrogen-bond donors (Lipinski definition) is 0. The molecule has 0 saturated heterocycles. The standard InChI is InChI=1S/C21H20F2O3S/c1-2-11-25-15-9-7-13-14-8-10-16(26-21(24)12-5-3-4-6-12)18(23)20(14)27-19(13)17(15)22/h7-10,12H,2-6,11H2,1H3. The summed E-state index contributed by atoms with van der Waals surface area (Å²) in [6, 6.07) is 6.45. The number of esters is 1. The van der Waals surface area contributed by atoms with Crippen LogP contribution in [0.4, 0.5) is 8.78 Å². The minimum atomic E-state index is -0.615. The van der Waals surface area contributed by atoms with Crippen LogP contribution in [0.3, 0.4) is 0 Å². The Balaban J connectivity index is 1.72. The lowest BCUT2D eigenvalue weighted by Crippen LogP contribution is -2.18. The van der Waals surface area contributed by atoms with Crippen molar-refractivity contribution in [1.29, 1.82) is 0 Å². The molecule has 0 unspecified atom stereocenters. The van der Waals surface area contributed by atoms with Crippen molar-refractivity contribution in [2.45, 2.75) is 39.0 Å². The van der Waals surface area contributed by atoms with Gasteiger partial charge in [-0.25, -0.2) is 8.78 Å². The van der Waals surface area contributed by atoms with Crippen LogP contribution in [-0.4, -0.2) is 12.6 Å². The van der Waals surface area contributed by atoms with Gasteiger partial charge in [0.25, 0.3) is 0 Å². The molecule has 4 rings (SSSR count). The Bertz CT molecular complexity index is 1010. The lowest BCUT2D eigenvalue weighted by Gasteiger charge is -2.10. The fourth-order valence-corrected chi connectivity index (χ4v) is 4.72. The molecule has 142 valence electrons. The van der Waals surface area contributed by atoms with Gasteiger partial charge in [-0.15, -0.1) is 11.3 Å². The van der Waals surface area contributed by atoms with E-state index in [-0.39, 0.29) is 28.1 Å². The molecule has 1 aliphatic carbocycles. The highest BCUT2D eigenvalue weighted by Crippen LogP contribution is 2.42. The van der Waals surface area contributed by atoms with E-state index in [0.717, 1.165) is 43.4 Å². The minimum absolute atomic E-state index is 0.0891. The van der Waals surface area contributed by atoms with Gasteiger partial charge in [-0.3, -0.25) is 4.79 Å². The van der Waals surface area contributed by atoms with Gasteiger partial charge in [-0.1, -0.05) is 19.8 Å². The van der Waals surface area contributed by atoms with Gasteiger partial charge in [0, 0.05) is 10.8 Å². The Morgan fingerprint density at radius 2 is 1.63 bits per heavy atom. The molecule has 27 heavy (non-hydrogen) atoms. The molecular formula is C21H20F2O3S. The van der Waals surface area contributed by atoms with Gasteiger partial charge in [0.05, 0.1) is 21.9 Å². The molecule has 2 aromatic carbocycles. The molecule has 0 N–H and O–H groups in total. The molecule has 3 nitrogen and oxygen atoms in total. The van der Waals surface area contributed by atoms with Crippen LogP contribution in [0.1, 0.15) is 39.0 Å². The first-order chi connectivity index (χ1) is 13.1. The summed E-state index contributed by atoms with van der Waals surface area (Å²) in [5, 5.41) is 1.23. The highest BCUT2D eigenvalue weighted by Gasteiger charge is 2.26. The fourth-order valence-electron chi connectivity index (χ4n) is 3.56. The molecular weight excluding hydrogens is 370 g/mol. The number of ether oxygens (including phenoxy) is 2. The van der Waals surface area contributed by atoms with E-state index in [1.54, 1.807) is 18.2 Å². The molecule has 3 aromatic rings. The summed E-state index contributed by atoms with van der Waals surface area (Å²) >= 11 is 1.01. The maximum Gasteiger partial charge on any atom is 0.314 e. The van der Waals surface area contributed by atoms with E-state index >= 15 is 0 Å². The molecule has 0 aliphatic heterocycles. The Morgan fingerprint density at radius 1 is 1.04 bits per heavy atom. The zero-order valence-corrected chi connectivity index (χ0v) is 15.8. The van der Waals surface area contributed by atoms with E-state index in [0.29, 0.717) is 22.1 Å². The summed E-state index contributed by atoms with van der Waals surface area (Å²) in [6.45, 7) is 2.36. The number of fused-ring (bicyclic) bond motifs is 3. The average molecular weight is 390 g/mol. The van der Waals surface area contributed by atoms with E-state index in [9.17, 15) is 13.6 Å². The van der Waals surface area contributed by atoms with E-state index in [2.05, 4.69) is 0 Å². The van der Waals surface area contributed by atoms with Crippen LogP contribution >= 0.6 is 11.3 Å². The molecule has 1 fully saturated rings. The first kappa shape index (κ1) is 18.2. The largest absolute Gasteiger partial charge is 0.490 e. The molecule has 1 aromatic heterocycles. The monoisotopic (exact) mass is 390 g/mol. The number of halogens is 2. The zero-order valence-electron chi connectivity index (χ0n) is 15.0. The summed E-state index contributed by atoms with van der Waals surface area (Å²) in [5.41, 5.74) is 0. The van der Waals surface area contributed by atoms with Crippen LogP contribution in [0.5, 0.6) is 11.5 Å². The Morgan fingerprint density at radius 3 is 2.26 bits per heavy atom. The van der Waals surface area contributed by atoms with Crippen molar-refractivity contribution in [2.24, 2.45) is 5.92 Å². The van der Waals surface area contributed by atoms with Crippen molar-refractivity contribution >= 4 is 37.5 Å². The van der Waals surface area contributed by atoms with E-state index in [1.165, 1.54) is 6.07 Å². The second kappa shape index (κ2) is 7.43. The third-order valence-corrected chi connectivity index (χ3v) is 6.18. The second-order valence-corrected chi connectivity index (χ2v) is 7.88. The summed E-state index contributed by atoms with van der Waals surface area (Å²) in [4.78, 5) is 12.2. The van der Waals surface area contributed by atoms with Gasteiger partial charge in [0.2, 0.25) is 0 Å². The lowest BCUT2D eigenvalue weighted by atomic mass is 10.1. The summed E-state index contributed by atoms with van der Waals surface area (Å²) < 4.78 is 41.1. The number of carbonyl (C=O) groups is 1. The van der Waals surface area contributed by atoms with Crippen LogP contribution in [0.15, 0.2) is 24.3 Å². The van der Waals surface area contributed by atoms with Gasteiger partial charge in [-0.05, 0) is 43.5 Å². The highest BCUT2D eigenvalue weighted by molar-refractivity contribution is 7.25. The average Bonchev–Trinajstić information content (AvgIpc) is 3.32. The number of rotatable bonds is 5. The first-order valence-corrected chi connectivity index (χ1v) is 10.1. The van der Waals surface area contributed by atoms with E-state index in [1.807, 2.05) is 6.92 Å². The third-order valence-electron chi connectivity index (χ3n) is 4.98. The van der Waals surface area contributed by atoms with E-state index < -0.39 is 11.6 Å². The van der Waals surface area contributed by atoms with Crippen molar-refractivity contribution in [2.75, 3.05) is 6.61 Å². The quantitative estimate of drug-likeness (QED) is 0.383. The van der Waals surface area contributed by atoms with Gasteiger partial charge >= 0.3 is 5.97 Å². The van der Waals surface area contributed by atoms with E-state index in [4.69, 9.17) is 9.47 Å². The van der Waals surface area contributed by atoms with Crippen LogP contribution in [0.2, 0.25) is 0 Å². The molecule has 0 spiro atoms. The van der Waals surface area contributed by atoms with Crippen molar-refractivity contribution in [3.63, 3.8) is 0 Å². The van der Waals surface area contributed by atoms with Gasteiger partial charge < -0.3 is 9.47 Å². The molecule has 0 bridgehead atoms. The van der Waals surface area contributed by atoms with Gasteiger partial charge in [0.15, 0.2) is 23.1 Å². The maximum atomic E-state index is 15.0. The smallest absolute Gasteiger partial charge is 0.314 e. The molecule has 1 heterocycles. The zero-order chi connectivity index (χ0) is 19.0. The van der Waals surface area contributed by atoms with Crippen molar-refractivity contribution in [3.8, 4) is 11.5 Å². The summed E-state index contributed by atoms with van der Waals surface area (Å²) in [5.74, 6) is -1.55. The minimum Gasteiger partial charge on any atom is -0.490 e. The Kier molecular flexibility index (Phi) is 5.00. The Labute approximate surface area is 159 Å². The molecule has 1 saturated carbocycles. The fraction of sp³-hybridized carbons (Fsp3) is 0.381. The number of thiophene rings is 1. The van der Waals surface area contributed by atoms with Crippen LogP contribution < -0.4 is 9.47 Å². The Hall–Kier alpha value is -2.21.